The highest BCUT2D eigenvalue weighted by Crippen LogP contribution is 2.29. The predicted molar refractivity (Wildman–Crippen MR) is 70.8 cm³/mol. The number of methoxy groups -OCH3 is 1. The van der Waals surface area contributed by atoms with Crippen molar-refractivity contribution < 1.29 is 9.47 Å². The Hall–Kier alpha value is -1.22. The van der Waals surface area contributed by atoms with Crippen molar-refractivity contribution in [3.63, 3.8) is 0 Å². The quantitative estimate of drug-likeness (QED) is 0.827. The molecule has 17 heavy (non-hydrogen) atoms. The monoisotopic (exact) mass is 237 g/mol. The minimum Gasteiger partial charge on any atom is -0.496 e. The van der Waals surface area contributed by atoms with Gasteiger partial charge in [0.15, 0.2) is 0 Å². The summed E-state index contributed by atoms with van der Waals surface area (Å²) in [6.07, 6.45) is 0.810. The molecule has 0 fully saturated rings. The van der Waals surface area contributed by atoms with Crippen molar-refractivity contribution in [2.45, 2.75) is 27.2 Å². The lowest BCUT2D eigenvalue weighted by molar-refractivity contribution is 0.268. The van der Waals surface area contributed by atoms with Gasteiger partial charge < -0.3 is 15.2 Å². The fourth-order valence-corrected chi connectivity index (χ4v) is 1.67. The van der Waals surface area contributed by atoms with Crippen LogP contribution in [0.4, 0.5) is 0 Å². The van der Waals surface area contributed by atoms with Crippen molar-refractivity contribution in [3.05, 3.63) is 23.3 Å². The number of benzene rings is 1. The van der Waals surface area contributed by atoms with Crippen molar-refractivity contribution in [2.24, 2.45) is 11.7 Å². The number of hydrogen-bond acceptors (Lipinski definition) is 3. The molecular formula is C14H23NO2. The summed E-state index contributed by atoms with van der Waals surface area (Å²) in [5.74, 6) is 2.34. The second-order valence-corrected chi connectivity index (χ2v) is 4.67. The lowest BCUT2D eigenvalue weighted by Crippen LogP contribution is -2.09. The Kier molecular flexibility index (Phi) is 5.29. The Morgan fingerprint density at radius 3 is 2.47 bits per heavy atom. The molecule has 2 N–H and O–H groups in total. The minimum atomic E-state index is 0.517. The van der Waals surface area contributed by atoms with Gasteiger partial charge in [-0.25, -0.2) is 0 Å². The number of aryl methyl sites for hydroxylation is 1. The average Bonchev–Trinajstić information content (AvgIpc) is 2.29. The van der Waals surface area contributed by atoms with E-state index in [1.165, 1.54) is 0 Å². The Bertz CT molecular complexity index is 361. The maximum atomic E-state index is 5.82. The molecule has 1 aromatic carbocycles. The van der Waals surface area contributed by atoms with Gasteiger partial charge in [0, 0.05) is 0 Å². The van der Waals surface area contributed by atoms with Gasteiger partial charge in [-0.3, -0.25) is 0 Å². The molecule has 0 atom stereocenters. The van der Waals surface area contributed by atoms with Gasteiger partial charge in [-0.05, 0) is 49.1 Å². The normalized spacial score (nSPS) is 10.7. The van der Waals surface area contributed by atoms with E-state index in [2.05, 4.69) is 13.8 Å². The van der Waals surface area contributed by atoms with Crippen LogP contribution in [0.25, 0.3) is 0 Å². The molecule has 96 valence electrons. The summed E-state index contributed by atoms with van der Waals surface area (Å²) in [4.78, 5) is 0. The minimum absolute atomic E-state index is 0.517. The third-order valence-corrected chi connectivity index (χ3v) is 2.56. The topological polar surface area (TPSA) is 44.5 Å². The van der Waals surface area contributed by atoms with Crippen LogP contribution in [0, 0.1) is 12.8 Å². The maximum absolute atomic E-state index is 5.82. The van der Waals surface area contributed by atoms with E-state index in [4.69, 9.17) is 15.2 Å². The van der Waals surface area contributed by atoms with E-state index < -0.39 is 0 Å². The molecular weight excluding hydrogens is 214 g/mol. The van der Waals surface area contributed by atoms with E-state index in [9.17, 15) is 0 Å². The third kappa shape index (κ3) is 3.93. The zero-order chi connectivity index (χ0) is 12.8. The number of ether oxygens (including phenoxy) is 2. The molecule has 0 heterocycles. The lowest BCUT2D eigenvalue weighted by Gasteiger charge is -2.15. The molecule has 0 aromatic heterocycles. The molecule has 0 saturated heterocycles. The van der Waals surface area contributed by atoms with Gasteiger partial charge in [-0.1, -0.05) is 13.8 Å². The van der Waals surface area contributed by atoms with E-state index in [-0.39, 0.29) is 0 Å². The lowest BCUT2D eigenvalue weighted by atomic mass is 10.1. The van der Waals surface area contributed by atoms with Crippen LogP contribution in [0.15, 0.2) is 12.1 Å². The van der Waals surface area contributed by atoms with E-state index in [1.54, 1.807) is 7.11 Å². The first kappa shape index (κ1) is 13.8. The number of rotatable bonds is 6. The summed E-state index contributed by atoms with van der Waals surface area (Å²) in [6.45, 7) is 7.64. The highest BCUT2D eigenvalue weighted by molar-refractivity contribution is 5.46. The summed E-state index contributed by atoms with van der Waals surface area (Å²) >= 11 is 0. The molecule has 0 aliphatic heterocycles. The zero-order valence-corrected chi connectivity index (χ0v) is 11.2. The molecule has 3 heteroatoms. The zero-order valence-electron chi connectivity index (χ0n) is 11.2. The standard InChI is InChI=1S/C14H23NO2/c1-10(2)9-17-14-7-11(3)13(16-4)8-12(14)5-6-15/h7-8,10H,5-6,9,15H2,1-4H3. The highest BCUT2D eigenvalue weighted by Gasteiger charge is 2.09. The molecule has 0 aliphatic rings. The maximum Gasteiger partial charge on any atom is 0.123 e. The van der Waals surface area contributed by atoms with Crippen molar-refractivity contribution in [1.82, 2.24) is 0 Å². The molecule has 0 spiro atoms. The summed E-state index contributed by atoms with van der Waals surface area (Å²) in [5, 5.41) is 0. The van der Waals surface area contributed by atoms with Crippen LogP contribution in [-0.2, 0) is 6.42 Å². The number of hydrogen-bond donors (Lipinski definition) is 1. The highest BCUT2D eigenvalue weighted by atomic mass is 16.5. The van der Waals surface area contributed by atoms with Crippen LogP contribution >= 0.6 is 0 Å². The Morgan fingerprint density at radius 2 is 1.94 bits per heavy atom. The fraction of sp³-hybridized carbons (Fsp3) is 0.571. The third-order valence-electron chi connectivity index (χ3n) is 2.56. The van der Waals surface area contributed by atoms with Gasteiger partial charge in [-0.2, -0.15) is 0 Å². The molecule has 0 radical (unpaired) electrons. The van der Waals surface area contributed by atoms with Crippen LogP contribution in [0.5, 0.6) is 11.5 Å². The van der Waals surface area contributed by atoms with Gasteiger partial charge in [0.25, 0.3) is 0 Å². The Labute approximate surface area is 104 Å². The van der Waals surface area contributed by atoms with Crippen LogP contribution in [0.3, 0.4) is 0 Å². The Balaban J connectivity index is 2.96. The van der Waals surface area contributed by atoms with Crippen LogP contribution in [0.1, 0.15) is 25.0 Å². The van der Waals surface area contributed by atoms with Gasteiger partial charge in [0.2, 0.25) is 0 Å². The van der Waals surface area contributed by atoms with Gasteiger partial charge >= 0.3 is 0 Å². The van der Waals surface area contributed by atoms with Crippen molar-refractivity contribution >= 4 is 0 Å². The van der Waals surface area contributed by atoms with E-state index in [0.717, 1.165) is 35.7 Å². The van der Waals surface area contributed by atoms with Gasteiger partial charge in [0.05, 0.1) is 13.7 Å². The fourth-order valence-electron chi connectivity index (χ4n) is 1.67. The van der Waals surface area contributed by atoms with Gasteiger partial charge in [-0.15, -0.1) is 0 Å². The van der Waals surface area contributed by atoms with Crippen molar-refractivity contribution in [3.8, 4) is 11.5 Å². The molecule has 0 unspecified atom stereocenters. The van der Waals surface area contributed by atoms with Crippen molar-refractivity contribution in [2.75, 3.05) is 20.3 Å². The largest absolute Gasteiger partial charge is 0.496 e. The first-order valence-corrected chi connectivity index (χ1v) is 6.08. The SMILES string of the molecule is COc1cc(CCN)c(OCC(C)C)cc1C. The second-order valence-electron chi connectivity index (χ2n) is 4.67. The summed E-state index contributed by atoms with van der Waals surface area (Å²) in [7, 11) is 1.68. The second kappa shape index (κ2) is 6.50. The molecule has 3 nitrogen and oxygen atoms in total. The van der Waals surface area contributed by atoms with Crippen LogP contribution < -0.4 is 15.2 Å². The summed E-state index contributed by atoms with van der Waals surface area (Å²) in [6, 6.07) is 4.06. The molecule has 1 aromatic rings. The number of nitrogens with two attached hydrogens (primary N) is 1. The summed E-state index contributed by atoms with van der Waals surface area (Å²) in [5.41, 5.74) is 7.83. The Morgan fingerprint density at radius 1 is 1.24 bits per heavy atom. The van der Waals surface area contributed by atoms with E-state index >= 15 is 0 Å². The van der Waals surface area contributed by atoms with Crippen molar-refractivity contribution in [1.29, 1.82) is 0 Å². The molecule has 1 rings (SSSR count). The van der Waals surface area contributed by atoms with Crippen LogP contribution in [0.2, 0.25) is 0 Å². The first-order valence-electron chi connectivity index (χ1n) is 6.08. The van der Waals surface area contributed by atoms with E-state index in [1.807, 2.05) is 19.1 Å². The van der Waals surface area contributed by atoms with Crippen LogP contribution in [-0.4, -0.2) is 20.3 Å². The van der Waals surface area contributed by atoms with E-state index in [0.29, 0.717) is 12.5 Å². The predicted octanol–water partition coefficient (Wildman–Crippen LogP) is 2.54. The average molecular weight is 237 g/mol. The smallest absolute Gasteiger partial charge is 0.123 e. The summed E-state index contributed by atoms with van der Waals surface area (Å²) < 4.78 is 11.1. The molecule has 0 saturated carbocycles. The molecule has 0 aliphatic carbocycles. The molecule has 0 bridgehead atoms. The molecule has 0 amide bonds. The van der Waals surface area contributed by atoms with Gasteiger partial charge in [0.1, 0.15) is 11.5 Å². The first-order chi connectivity index (χ1) is 8.08.